The lowest BCUT2D eigenvalue weighted by molar-refractivity contribution is -0.137. The zero-order valence-electron chi connectivity index (χ0n) is 9.71. The first-order valence-electron chi connectivity index (χ1n) is 5.34. The van der Waals surface area contributed by atoms with Gasteiger partial charge < -0.3 is 5.11 Å². The number of nitrogens with one attached hydrogen (secondary N) is 1. The standard InChI is InChI=1S/C11H20N2O2/c1-4-9(2)13-11(3,8-12)7-5-6-10(14)15/h9,13H,4-7H2,1-3H3,(H,14,15). The van der Waals surface area contributed by atoms with Crippen molar-refractivity contribution in [1.82, 2.24) is 5.32 Å². The molecule has 0 saturated heterocycles. The van der Waals surface area contributed by atoms with Gasteiger partial charge in [0.25, 0.3) is 0 Å². The minimum atomic E-state index is -0.807. The number of carbonyl (C=O) groups is 1. The molecule has 0 amide bonds. The van der Waals surface area contributed by atoms with Gasteiger partial charge in [-0.25, -0.2) is 0 Å². The van der Waals surface area contributed by atoms with Gasteiger partial charge in [0.1, 0.15) is 5.54 Å². The molecular formula is C11H20N2O2. The molecule has 0 rings (SSSR count). The lowest BCUT2D eigenvalue weighted by Gasteiger charge is -2.26. The summed E-state index contributed by atoms with van der Waals surface area (Å²) < 4.78 is 0. The fourth-order valence-electron chi connectivity index (χ4n) is 1.40. The van der Waals surface area contributed by atoms with Gasteiger partial charge in [0.05, 0.1) is 6.07 Å². The van der Waals surface area contributed by atoms with Crippen molar-refractivity contribution in [1.29, 1.82) is 5.26 Å². The Morgan fingerprint density at radius 2 is 2.27 bits per heavy atom. The molecule has 0 aromatic carbocycles. The van der Waals surface area contributed by atoms with Crippen LogP contribution >= 0.6 is 0 Å². The van der Waals surface area contributed by atoms with E-state index in [0.29, 0.717) is 12.8 Å². The van der Waals surface area contributed by atoms with Crippen LogP contribution in [0.25, 0.3) is 0 Å². The van der Waals surface area contributed by atoms with Crippen LogP contribution in [0.15, 0.2) is 0 Å². The number of hydrogen-bond acceptors (Lipinski definition) is 3. The number of nitriles is 1. The highest BCUT2D eigenvalue weighted by molar-refractivity contribution is 5.66. The monoisotopic (exact) mass is 212 g/mol. The van der Waals surface area contributed by atoms with Gasteiger partial charge in [0.2, 0.25) is 0 Å². The van der Waals surface area contributed by atoms with E-state index in [1.165, 1.54) is 0 Å². The maximum atomic E-state index is 10.3. The molecule has 0 saturated carbocycles. The fraction of sp³-hybridized carbons (Fsp3) is 0.818. The van der Waals surface area contributed by atoms with E-state index >= 15 is 0 Å². The van der Waals surface area contributed by atoms with Crippen LogP contribution in [0.3, 0.4) is 0 Å². The normalized spacial score (nSPS) is 16.4. The van der Waals surface area contributed by atoms with Crippen LogP contribution in [0.4, 0.5) is 0 Å². The molecule has 0 aromatic rings. The maximum absolute atomic E-state index is 10.3. The predicted molar refractivity (Wildman–Crippen MR) is 58.4 cm³/mol. The lowest BCUT2D eigenvalue weighted by Crippen LogP contribution is -2.45. The summed E-state index contributed by atoms with van der Waals surface area (Å²) in [6.45, 7) is 5.89. The van der Waals surface area contributed by atoms with Crippen molar-refractivity contribution in [3.05, 3.63) is 0 Å². The second kappa shape index (κ2) is 6.41. The summed E-state index contributed by atoms with van der Waals surface area (Å²) in [5, 5.41) is 20.8. The van der Waals surface area contributed by atoms with Gasteiger partial charge in [-0.2, -0.15) is 5.26 Å². The SMILES string of the molecule is CCC(C)NC(C)(C#N)CCCC(=O)O. The van der Waals surface area contributed by atoms with Crippen molar-refractivity contribution < 1.29 is 9.90 Å². The van der Waals surface area contributed by atoms with Gasteiger partial charge in [-0.15, -0.1) is 0 Å². The van der Waals surface area contributed by atoms with Gasteiger partial charge >= 0.3 is 5.97 Å². The van der Waals surface area contributed by atoms with Crippen molar-refractivity contribution in [2.24, 2.45) is 0 Å². The van der Waals surface area contributed by atoms with Crippen LogP contribution in [0.1, 0.15) is 46.5 Å². The topological polar surface area (TPSA) is 73.1 Å². The molecular weight excluding hydrogens is 192 g/mol. The Morgan fingerprint density at radius 1 is 1.67 bits per heavy atom. The minimum absolute atomic E-state index is 0.124. The smallest absolute Gasteiger partial charge is 0.303 e. The van der Waals surface area contributed by atoms with Crippen molar-refractivity contribution in [2.75, 3.05) is 0 Å². The molecule has 15 heavy (non-hydrogen) atoms. The first-order chi connectivity index (χ1) is 6.93. The van der Waals surface area contributed by atoms with Crippen LogP contribution < -0.4 is 5.32 Å². The van der Waals surface area contributed by atoms with Gasteiger partial charge in [-0.1, -0.05) is 6.92 Å². The second-order valence-electron chi connectivity index (χ2n) is 4.14. The molecule has 2 N–H and O–H groups in total. The van der Waals surface area contributed by atoms with Gasteiger partial charge in [-0.3, -0.25) is 10.1 Å². The third-order valence-corrected chi connectivity index (χ3v) is 2.49. The molecule has 86 valence electrons. The van der Waals surface area contributed by atoms with E-state index in [2.05, 4.69) is 11.4 Å². The minimum Gasteiger partial charge on any atom is -0.481 e. The molecule has 0 heterocycles. The Balaban J connectivity index is 4.08. The number of carboxylic acid groups (broad SMARTS) is 1. The number of hydrogen-bond donors (Lipinski definition) is 2. The molecule has 0 spiro atoms. The Kier molecular flexibility index (Phi) is 5.95. The van der Waals surface area contributed by atoms with E-state index < -0.39 is 11.5 Å². The Morgan fingerprint density at radius 3 is 2.67 bits per heavy atom. The average molecular weight is 212 g/mol. The molecule has 0 aromatic heterocycles. The second-order valence-corrected chi connectivity index (χ2v) is 4.14. The highest BCUT2D eigenvalue weighted by atomic mass is 16.4. The van der Waals surface area contributed by atoms with E-state index in [0.717, 1.165) is 6.42 Å². The Labute approximate surface area is 91.3 Å². The van der Waals surface area contributed by atoms with Crippen molar-refractivity contribution in [3.63, 3.8) is 0 Å². The molecule has 0 radical (unpaired) electrons. The van der Waals surface area contributed by atoms with E-state index in [1.54, 1.807) is 0 Å². The summed E-state index contributed by atoms with van der Waals surface area (Å²) in [6.07, 6.45) is 2.18. The quantitative estimate of drug-likeness (QED) is 0.676. The van der Waals surface area contributed by atoms with Gasteiger partial charge in [0.15, 0.2) is 0 Å². The first-order valence-corrected chi connectivity index (χ1v) is 5.34. The largest absolute Gasteiger partial charge is 0.481 e. The third-order valence-electron chi connectivity index (χ3n) is 2.49. The Hall–Kier alpha value is -1.08. The number of nitrogens with zero attached hydrogens (tertiary/aromatic N) is 1. The van der Waals surface area contributed by atoms with Crippen molar-refractivity contribution in [3.8, 4) is 6.07 Å². The molecule has 0 bridgehead atoms. The van der Waals surface area contributed by atoms with Crippen LogP contribution in [0.5, 0.6) is 0 Å². The zero-order chi connectivity index (χ0) is 11.9. The molecule has 0 aliphatic rings. The zero-order valence-corrected chi connectivity index (χ0v) is 9.71. The third kappa shape index (κ3) is 6.08. The molecule has 0 aliphatic heterocycles. The summed E-state index contributed by atoms with van der Waals surface area (Å²) in [5.74, 6) is -0.807. The fourth-order valence-corrected chi connectivity index (χ4v) is 1.40. The number of rotatable bonds is 7. The molecule has 4 heteroatoms. The van der Waals surface area contributed by atoms with Gasteiger partial charge in [0, 0.05) is 12.5 Å². The lowest BCUT2D eigenvalue weighted by atomic mass is 9.95. The molecule has 2 unspecified atom stereocenters. The predicted octanol–water partition coefficient (Wildman–Crippen LogP) is 1.91. The van der Waals surface area contributed by atoms with Crippen LogP contribution in [0.2, 0.25) is 0 Å². The first kappa shape index (κ1) is 13.9. The van der Waals surface area contributed by atoms with Crippen molar-refractivity contribution in [2.45, 2.75) is 58.0 Å². The van der Waals surface area contributed by atoms with E-state index in [1.807, 2.05) is 20.8 Å². The molecule has 0 aliphatic carbocycles. The summed E-state index contributed by atoms with van der Waals surface area (Å²) in [7, 11) is 0. The average Bonchev–Trinajstić information content (AvgIpc) is 2.17. The van der Waals surface area contributed by atoms with Crippen molar-refractivity contribution >= 4 is 5.97 Å². The summed E-state index contributed by atoms with van der Waals surface area (Å²) >= 11 is 0. The number of aliphatic carboxylic acids is 1. The highest BCUT2D eigenvalue weighted by Crippen LogP contribution is 2.14. The van der Waals surface area contributed by atoms with E-state index in [4.69, 9.17) is 10.4 Å². The van der Waals surface area contributed by atoms with E-state index in [-0.39, 0.29) is 12.5 Å². The van der Waals surface area contributed by atoms with Crippen LogP contribution in [0, 0.1) is 11.3 Å². The summed E-state index contributed by atoms with van der Waals surface area (Å²) in [5.41, 5.74) is -0.606. The molecule has 0 fully saturated rings. The van der Waals surface area contributed by atoms with Gasteiger partial charge in [-0.05, 0) is 33.1 Å². The van der Waals surface area contributed by atoms with Crippen LogP contribution in [-0.4, -0.2) is 22.7 Å². The molecule has 4 nitrogen and oxygen atoms in total. The highest BCUT2D eigenvalue weighted by Gasteiger charge is 2.24. The van der Waals surface area contributed by atoms with Crippen LogP contribution in [-0.2, 0) is 4.79 Å². The summed E-state index contributed by atoms with van der Waals surface area (Å²) in [4.78, 5) is 10.3. The van der Waals surface area contributed by atoms with E-state index in [9.17, 15) is 4.79 Å². The number of carboxylic acids is 1. The maximum Gasteiger partial charge on any atom is 0.303 e. The molecule has 2 atom stereocenters. The Bertz CT molecular complexity index is 247. The summed E-state index contributed by atoms with van der Waals surface area (Å²) in [6, 6.07) is 2.49.